The summed E-state index contributed by atoms with van der Waals surface area (Å²) in [6.45, 7) is 1.96. The molecular formula is C45H69O10P. The van der Waals surface area contributed by atoms with E-state index in [-0.39, 0.29) is 19.4 Å². The van der Waals surface area contributed by atoms with Crippen LogP contribution in [0, 0.1) is 0 Å². The summed E-state index contributed by atoms with van der Waals surface area (Å²) in [7, 11) is -4.65. The van der Waals surface area contributed by atoms with E-state index >= 15 is 0 Å². The third-order valence-electron chi connectivity index (χ3n) is 7.49. The highest BCUT2D eigenvalue weighted by Gasteiger charge is 2.27. The van der Waals surface area contributed by atoms with Crippen molar-refractivity contribution in [1.82, 2.24) is 0 Å². The summed E-state index contributed by atoms with van der Waals surface area (Å²) in [5.74, 6) is -1.06. The van der Waals surface area contributed by atoms with E-state index in [2.05, 4.69) is 85.2 Å². The molecule has 0 aromatic heterocycles. The van der Waals surface area contributed by atoms with E-state index in [1.54, 1.807) is 0 Å². The third kappa shape index (κ3) is 38.6. The number of unbranched alkanes of at least 4 members (excludes halogenated alkanes) is 5. The summed E-state index contributed by atoms with van der Waals surface area (Å²) in [6, 6.07) is 0. The van der Waals surface area contributed by atoms with Crippen molar-refractivity contribution in [2.75, 3.05) is 26.4 Å². The van der Waals surface area contributed by atoms with E-state index < -0.39 is 51.8 Å². The molecule has 10 nitrogen and oxygen atoms in total. The Bertz CT molecular complexity index is 1340. The zero-order valence-electron chi connectivity index (χ0n) is 33.8. The van der Waals surface area contributed by atoms with Crippen LogP contribution in [0.1, 0.15) is 110 Å². The molecule has 0 aromatic rings. The number of ether oxygens (including phenoxy) is 2. The summed E-state index contributed by atoms with van der Waals surface area (Å²) in [6.07, 6.45) is 50.4. The van der Waals surface area contributed by atoms with E-state index in [0.717, 1.165) is 64.2 Å². The highest BCUT2D eigenvalue weighted by Crippen LogP contribution is 2.43. The Morgan fingerprint density at radius 2 is 1.04 bits per heavy atom. The molecule has 314 valence electrons. The molecule has 0 radical (unpaired) electrons. The fourth-order valence-corrected chi connectivity index (χ4v) is 5.25. The molecular weight excluding hydrogens is 731 g/mol. The van der Waals surface area contributed by atoms with Crippen LogP contribution in [-0.2, 0) is 32.7 Å². The summed E-state index contributed by atoms with van der Waals surface area (Å²) >= 11 is 0. The number of phosphoric ester groups is 1. The van der Waals surface area contributed by atoms with Crippen molar-refractivity contribution in [2.45, 2.75) is 122 Å². The lowest BCUT2D eigenvalue weighted by Crippen LogP contribution is -2.29. The molecule has 2 unspecified atom stereocenters. The second-order valence-corrected chi connectivity index (χ2v) is 14.1. The van der Waals surface area contributed by atoms with E-state index in [0.29, 0.717) is 19.3 Å². The summed E-state index contributed by atoms with van der Waals surface area (Å²) in [5.41, 5.74) is 0. The van der Waals surface area contributed by atoms with Crippen LogP contribution in [0.5, 0.6) is 0 Å². The number of phosphoric acid groups is 1. The fraction of sp³-hybridized carbons (Fsp3) is 0.511. The lowest BCUT2D eigenvalue weighted by atomic mass is 10.1. The topological polar surface area (TPSA) is 149 Å². The van der Waals surface area contributed by atoms with E-state index in [1.807, 2.05) is 54.7 Å². The SMILES string of the molecule is CC/C=C/C=C/C=C/C=C/C=C/CCCC(=O)OC(COC(=O)CCCCCC/C=C/C/C=C/C/C=C/C/C=C/C/C=C/CC)COP(=O)(O)OC[C@H](O)CO. The molecule has 0 saturated carbocycles. The Labute approximate surface area is 337 Å². The quantitative estimate of drug-likeness (QED) is 0.0186. The standard InChI is InChI=1S/C45H69O10P/c1-3-5-7-9-11-13-15-17-18-19-20-21-22-23-25-26-28-30-32-34-36-44(48)52-40-43(41-54-56(50,51)53-39-42(47)38-46)55-45(49)37-35-33-31-29-27-24-16-14-12-10-8-6-4-2/h5-8,10-14,16-18,20-21,23-25,27,29,31,42-43,46-47H,3-4,9,15,19,22,26,28,30,32-41H2,1-2H3,(H,50,51)/b7-5+,8-6+,12-10+,13-11+,16-14+,18-17+,21-20+,25-23+,27-24+,31-29+/t42-,43?/m1/s1. The van der Waals surface area contributed by atoms with Gasteiger partial charge in [-0.2, -0.15) is 0 Å². The first-order valence-electron chi connectivity index (χ1n) is 20.1. The van der Waals surface area contributed by atoms with Gasteiger partial charge in [-0.1, -0.05) is 148 Å². The summed E-state index contributed by atoms with van der Waals surface area (Å²) in [4.78, 5) is 34.9. The molecule has 56 heavy (non-hydrogen) atoms. The van der Waals surface area contributed by atoms with E-state index in [9.17, 15) is 24.2 Å². The Morgan fingerprint density at radius 3 is 1.62 bits per heavy atom. The molecule has 0 aliphatic carbocycles. The second kappa shape index (κ2) is 39.6. The van der Waals surface area contributed by atoms with Crippen LogP contribution < -0.4 is 0 Å². The lowest BCUT2D eigenvalue weighted by molar-refractivity contribution is -0.161. The Morgan fingerprint density at radius 1 is 0.554 bits per heavy atom. The van der Waals surface area contributed by atoms with Crippen molar-refractivity contribution in [1.29, 1.82) is 0 Å². The van der Waals surface area contributed by atoms with Gasteiger partial charge in [0.25, 0.3) is 0 Å². The lowest BCUT2D eigenvalue weighted by Gasteiger charge is -2.20. The molecule has 0 rings (SSSR count). The van der Waals surface area contributed by atoms with Crippen LogP contribution in [0.3, 0.4) is 0 Å². The summed E-state index contributed by atoms with van der Waals surface area (Å²) in [5, 5.41) is 18.3. The molecule has 0 aliphatic heterocycles. The minimum Gasteiger partial charge on any atom is -0.462 e. The Balaban J connectivity index is 4.49. The first-order chi connectivity index (χ1) is 27.2. The third-order valence-corrected chi connectivity index (χ3v) is 8.44. The predicted octanol–water partition coefficient (Wildman–Crippen LogP) is 10.4. The minimum absolute atomic E-state index is 0.0735. The first kappa shape index (κ1) is 52.4. The molecule has 0 bridgehead atoms. The van der Waals surface area contributed by atoms with E-state index in [1.165, 1.54) is 0 Å². The van der Waals surface area contributed by atoms with Gasteiger partial charge < -0.3 is 24.6 Å². The van der Waals surface area contributed by atoms with Crippen molar-refractivity contribution >= 4 is 19.8 Å². The Hall–Kier alpha value is -3.63. The van der Waals surface area contributed by atoms with Gasteiger partial charge in [0.05, 0.1) is 19.8 Å². The highest BCUT2D eigenvalue weighted by atomic mass is 31.2. The zero-order chi connectivity index (χ0) is 41.2. The molecule has 3 N–H and O–H groups in total. The zero-order valence-corrected chi connectivity index (χ0v) is 34.7. The molecule has 0 fully saturated rings. The van der Waals surface area contributed by atoms with Crippen LogP contribution in [0.2, 0.25) is 0 Å². The van der Waals surface area contributed by atoms with Crippen LogP contribution >= 0.6 is 7.82 Å². The first-order valence-corrected chi connectivity index (χ1v) is 21.6. The van der Waals surface area contributed by atoms with Crippen LogP contribution in [-0.4, -0.2) is 65.7 Å². The number of aliphatic hydroxyl groups is 2. The van der Waals surface area contributed by atoms with Gasteiger partial charge in [0.2, 0.25) is 0 Å². The van der Waals surface area contributed by atoms with Crippen molar-refractivity contribution in [2.24, 2.45) is 0 Å². The summed E-state index contributed by atoms with van der Waals surface area (Å²) < 4.78 is 32.5. The van der Waals surface area contributed by atoms with Gasteiger partial charge in [0, 0.05) is 12.8 Å². The second-order valence-electron chi connectivity index (χ2n) is 12.7. The number of carbonyl (C=O) groups excluding carboxylic acids is 2. The smallest absolute Gasteiger partial charge is 0.462 e. The van der Waals surface area contributed by atoms with Gasteiger partial charge >= 0.3 is 19.8 Å². The van der Waals surface area contributed by atoms with Gasteiger partial charge in [0.1, 0.15) is 12.7 Å². The minimum atomic E-state index is -4.65. The maximum Gasteiger partial charge on any atom is 0.472 e. The van der Waals surface area contributed by atoms with Crippen molar-refractivity contribution < 1.29 is 47.8 Å². The Kier molecular flexibility index (Phi) is 37.0. The maximum atomic E-state index is 12.5. The van der Waals surface area contributed by atoms with Crippen LogP contribution in [0.25, 0.3) is 0 Å². The van der Waals surface area contributed by atoms with Crippen LogP contribution in [0.15, 0.2) is 122 Å². The van der Waals surface area contributed by atoms with Gasteiger partial charge in [0.15, 0.2) is 6.10 Å². The average molecular weight is 801 g/mol. The van der Waals surface area contributed by atoms with Gasteiger partial charge in [-0.3, -0.25) is 18.6 Å². The number of aliphatic hydroxyl groups excluding tert-OH is 2. The van der Waals surface area contributed by atoms with Crippen molar-refractivity contribution in [3.05, 3.63) is 122 Å². The molecule has 0 aliphatic rings. The normalized spacial score (nSPS) is 15.2. The van der Waals surface area contributed by atoms with Crippen LogP contribution in [0.4, 0.5) is 0 Å². The number of esters is 2. The molecule has 3 atom stereocenters. The van der Waals surface area contributed by atoms with Gasteiger partial charge in [-0.25, -0.2) is 4.57 Å². The van der Waals surface area contributed by atoms with Gasteiger partial charge in [-0.15, -0.1) is 0 Å². The number of carbonyl (C=O) groups is 2. The molecule has 0 heterocycles. The van der Waals surface area contributed by atoms with Crippen molar-refractivity contribution in [3.8, 4) is 0 Å². The molecule has 0 spiro atoms. The molecule has 0 amide bonds. The van der Waals surface area contributed by atoms with Gasteiger partial charge in [-0.05, 0) is 70.6 Å². The molecule has 11 heteroatoms. The largest absolute Gasteiger partial charge is 0.472 e. The monoisotopic (exact) mass is 800 g/mol. The maximum absolute atomic E-state index is 12.5. The number of allylic oxidation sites excluding steroid dienone is 20. The molecule has 0 aromatic carbocycles. The number of rotatable bonds is 35. The predicted molar refractivity (Wildman–Crippen MR) is 228 cm³/mol. The van der Waals surface area contributed by atoms with Crippen molar-refractivity contribution in [3.63, 3.8) is 0 Å². The van der Waals surface area contributed by atoms with E-state index in [4.69, 9.17) is 19.1 Å². The number of hydrogen-bond acceptors (Lipinski definition) is 9. The average Bonchev–Trinajstić information content (AvgIpc) is 3.19. The molecule has 0 saturated heterocycles. The highest BCUT2D eigenvalue weighted by molar-refractivity contribution is 7.47. The fourth-order valence-electron chi connectivity index (χ4n) is 4.46. The number of hydrogen-bond donors (Lipinski definition) is 3.